The quantitative estimate of drug-likeness (QED) is 0.850. The minimum absolute atomic E-state index is 0.745. The Morgan fingerprint density at radius 3 is 3.17 bits per heavy atom. The third kappa shape index (κ3) is 2.34. The monoisotopic (exact) mass is 262 g/mol. The van der Waals surface area contributed by atoms with E-state index in [0.717, 1.165) is 23.2 Å². The van der Waals surface area contributed by atoms with Gasteiger partial charge in [0.05, 0.1) is 12.8 Å². The fourth-order valence-electron chi connectivity index (χ4n) is 2.50. The summed E-state index contributed by atoms with van der Waals surface area (Å²) in [5.74, 6) is 2.16. The van der Waals surface area contributed by atoms with Gasteiger partial charge in [-0.15, -0.1) is 0 Å². The van der Waals surface area contributed by atoms with Gasteiger partial charge in [-0.05, 0) is 30.7 Å². The Morgan fingerprint density at radius 2 is 2.39 bits per heavy atom. The zero-order valence-electron chi connectivity index (χ0n) is 10.6. The summed E-state index contributed by atoms with van der Waals surface area (Å²) in [6.07, 6.45) is 7.27. The van der Waals surface area contributed by atoms with Crippen molar-refractivity contribution in [1.29, 1.82) is 0 Å². The van der Waals surface area contributed by atoms with E-state index in [2.05, 4.69) is 22.9 Å². The average molecular weight is 262 g/mol. The van der Waals surface area contributed by atoms with Crippen LogP contribution in [-0.2, 0) is 6.42 Å². The third-order valence-electron chi connectivity index (χ3n) is 3.42. The van der Waals surface area contributed by atoms with Gasteiger partial charge in [-0.1, -0.05) is 12.5 Å². The standard InChI is InChI=1S/C14H18N2OS/c1-17-14-7-4-6-13-15-11(10-16(13)14)9-12-5-2-3-8-18-12/h4,6-7,10,12H,2-3,5,8-9H2,1H3. The SMILES string of the molecule is COc1cccc2nc(CC3CCCCS3)cn12. The highest BCUT2D eigenvalue weighted by Gasteiger charge is 2.16. The summed E-state index contributed by atoms with van der Waals surface area (Å²) in [6.45, 7) is 0. The number of thioether (sulfide) groups is 1. The first kappa shape index (κ1) is 11.9. The predicted octanol–water partition coefficient (Wildman–Crippen LogP) is 3.17. The molecule has 0 bridgehead atoms. The Kier molecular flexibility index (Phi) is 3.46. The Balaban J connectivity index is 1.84. The van der Waals surface area contributed by atoms with Gasteiger partial charge in [-0.3, -0.25) is 4.40 Å². The molecule has 1 aliphatic heterocycles. The first-order valence-corrected chi connectivity index (χ1v) is 7.54. The van der Waals surface area contributed by atoms with E-state index < -0.39 is 0 Å². The van der Waals surface area contributed by atoms with E-state index in [1.807, 2.05) is 22.6 Å². The molecule has 0 aliphatic carbocycles. The molecule has 1 fully saturated rings. The van der Waals surface area contributed by atoms with Crippen LogP contribution >= 0.6 is 11.8 Å². The maximum absolute atomic E-state index is 5.35. The Bertz CT molecular complexity index is 532. The highest BCUT2D eigenvalue weighted by Crippen LogP contribution is 2.28. The number of ether oxygens (including phenoxy) is 1. The molecule has 96 valence electrons. The molecular weight excluding hydrogens is 244 g/mol. The molecule has 1 saturated heterocycles. The van der Waals surface area contributed by atoms with Crippen molar-refractivity contribution in [3.63, 3.8) is 0 Å². The highest BCUT2D eigenvalue weighted by atomic mass is 32.2. The maximum Gasteiger partial charge on any atom is 0.198 e. The average Bonchev–Trinajstić information content (AvgIpc) is 2.82. The molecule has 1 aliphatic rings. The highest BCUT2D eigenvalue weighted by molar-refractivity contribution is 7.99. The van der Waals surface area contributed by atoms with Crippen molar-refractivity contribution in [3.8, 4) is 5.88 Å². The van der Waals surface area contributed by atoms with Gasteiger partial charge >= 0.3 is 0 Å². The molecule has 0 spiro atoms. The van der Waals surface area contributed by atoms with Gasteiger partial charge in [-0.25, -0.2) is 4.98 Å². The zero-order chi connectivity index (χ0) is 12.4. The summed E-state index contributed by atoms with van der Waals surface area (Å²) in [7, 11) is 1.70. The molecular formula is C14H18N2OS. The van der Waals surface area contributed by atoms with Gasteiger partial charge in [0.25, 0.3) is 0 Å². The number of aromatic nitrogens is 2. The Labute approximate surface area is 112 Å². The van der Waals surface area contributed by atoms with Gasteiger partial charge in [-0.2, -0.15) is 11.8 Å². The molecule has 0 aromatic carbocycles. The van der Waals surface area contributed by atoms with E-state index in [9.17, 15) is 0 Å². The van der Waals surface area contributed by atoms with Crippen molar-refractivity contribution < 1.29 is 4.74 Å². The number of rotatable bonds is 3. The first-order valence-electron chi connectivity index (χ1n) is 6.49. The summed E-state index contributed by atoms with van der Waals surface area (Å²) >= 11 is 2.10. The number of imidazole rings is 1. The van der Waals surface area contributed by atoms with Crippen LogP contribution in [0.1, 0.15) is 25.0 Å². The number of hydrogen-bond donors (Lipinski definition) is 0. The van der Waals surface area contributed by atoms with Crippen molar-refractivity contribution in [3.05, 3.63) is 30.1 Å². The second-order valence-corrected chi connectivity index (χ2v) is 6.13. The molecule has 3 nitrogen and oxygen atoms in total. The summed E-state index contributed by atoms with van der Waals surface area (Å²) < 4.78 is 7.38. The molecule has 1 atom stereocenters. The van der Waals surface area contributed by atoms with Gasteiger partial charge < -0.3 is 4.74 Å². The smallest absolute Gasteiger partial charge is 0.198 e. The van der Waals surface area contributed by atoms with Crippen LogP contribution in [0.2, 0.25) is 0 Å². The molecule has 3 rings (SSSR count). The molecule has 0 N–H and O–H groups in total. The van der Waals surface area contributed by atoms with E-state index in [4.69, 9.17) is 4.74 Å². The van der Waals surface area contributed by atoms with Crippen LogP contribution in [0, 0.1) is 0 Å². The molecule has 18 heavy (non-hydrogen) atoms. The molecule has 0 amide bonds. The van der Waals surface area contributed by atoms with Crippen LogP contribution in [0.25, 0.3) is 5.65 Å². The third-order valence-corrected chi connectivity index (χ3v) is 4.82. The van der Waals surface area contributed by atoms with Gasteiger partial charge in [0, 0.05) is 17.9 Å². The van der Waals surface area contributed by atoms with E-state index >= 15 is 0 Å². The van der Waals surface area contributed by atoms with Crippen LogP contribution in [0.15, 0.2) is 24.4 Å². The lowest BCUT2D eigenvalue weighted by atomic mass is 10.1. The molecule has 0 radical (unpaired) electrons. The largest absolute Gasteiger partial charge is 0.482 e. The summed E-state index contributed by atoms with van der Waals surface area (Å²) in [6, 6.07) is 5.98. The number of methoxy groups -OCH3 is 1. The Hall–Kier alpha value is -1.16. The molecule has 2 aromatic heterocycles. The molecule has 1 unspecified atom stereocenters. The molecule has 2 aromatic rings. The summed E-state index contributed by atoms with van der Waals surface area (Å²) in [5, 5.41) is 0.745. The van der Waals surface area contributed by atoms with E-state index in [1.54, 1.807) is 7.11 Å². The van der Waals surface area contributed by atoms with Crippen LogP contribution in [0.4, 0.5) is 0 Å². The van der Waals surface area contributed by atoms with Crippen molar-refractivity contribution in [1.82, 2.24) is 9.38 Å². The van der Waals surface area contributed by atoms with E-state index in [-0.39, 0.29) is 0 Å². The first-order chi connectivity index (χ1) is 8.86. The predicted molar refractivity (Wildman–Crippen MR) is 75.5 cm³/mol. The maximum atomic E-state index is 5.35. The van der Waals surface area contributed by atoms with Crippen LogP contribution in [-0.4, -0.2) is 27.5 Å². The number of pyridine rings is 1. The number of nitrogens with zero attached hydrogens (tertiary/aromatic N) is 2. The zero-order valence-corrected chi connectivity index (χ0v) is 11.4. The van der Waals surface area contributed by atoms with Crippen LogP contribution in [0.5, 0.6) is 5.88 Å². The lowest BCUT2D eigenvalue weighted by Gasteiger charge is -2.19. The summed E-state index contributed by atoms with van der Waals surface area (Å²) in [4.78, 5) is 4.69. The van der Waals surface area contributed by atoms with Crippen LogP contribution < -0.4 is 4.74 Å². The topological polar surface area (TPSA) is 26.5 Å². The lowest BCUT2D eigenvalue weighted by Crippen LogP contribution is -2.12. The molecule has 3 heterocycles. The molecule has 0 saturated carbocycles. The minimum atomic E-state index is 0.745. The normalized spacial score (nSPS) is 20.2. The molecule has 4 heteroatoms. The van der Waals surface area contributed by atoms with Gasteiger partial charge in [0.2, 0.25) is 0 Å². The number of hydrogen-bond acceptors (Lipinski definition) is 3. The second-order valence-electron chi connectivity index (χ2n) is 4.72. The van der Waals surface area contributed by atoms with Crippen molar-refractivity contribution in [2.24, 2.45) is 0 Å². The van der Waals surface area contributed by atoms with E-state index in [0.29, 0.717) is 0 Å². The summed E-state index contributed by atoms with van der Waals surface area (Å²) in [5.41, 5.74) is 2.16. The lowest BCUT2D eigenvalue weighted by molar-refractivity contribution is 0.392. The van der Waals surface area contributed by atoms with Crippen molar-refractivity contribution in [2.45, 2.75) is 30.9 Å². The van der Waals surface area contributed by atoms with Crippen molar-refractivity contribution in [2.75, 3.05) is 12.9 Å². The fraction of sp³-hybridized carbons (Fsp3) is 0.500. The Morgan fingerprint density at radius 1 is 1.44 bits per heavy atom. The van der Waals surface area contributed by atoms with Crippen molar-refractivity contribution >= 4 is 17.4 Å². The van der Waals surface area contributed by atoms with E-state index in [1.165, 1.54) is 30.7 Å². The van der Waals surface area contributed by atoms with Gasteiger partial charge in [0.15, 0.2) is 5.88 Å². The minimum Gasteiger partial charge on any atom is -0.482 e. The van der Waals surface area contributed by atoms with Gasteiger partial charge in [0.1, 0.15) is 5.65 Å². The fourth-order valence-corrected chi connectivity index (χ4v) is 3.83. The van der Waals surface area contributed by atoms with Crippen LogP contribution in [0.3, 0.4) is 0 Å². The number of fused-ring (bicyclic) bond motifs is 1. The second kappa shape index (κ2) is 5.22.